The molecule has 0 aliphatic carbocycles. The normalized spacial score (nSPS) is 11.7. The van der Waals surface area contributed by atoms with E-state index in [2.05, 4.69) is 131 Å². The predicted octanol–water partition coefficient (Wildman–Crippen LogP) is 11.6. The van der Waals surface area contributed by atoms with Crippen LogP contribution in [0.4, 0.5) is 0 Å². The molecule has 4 heterocycles. The lowest BCUT2D eigenvalue weighted by Gasteiger charge is -2.13. The molecule has 0 radical (unpaired) electrons. The summed E-state index contributed by atoms with van der Waals surface area (Å²) in [6.45, 7) is 0. The van der Waals surface area contributed by atoms with Gasteiger partial charge in [-0.2, -0.15) is 0 Å². The molecule has 0 N–H and O–H groups in total. The van der Waals surface area contributed by atoms with Gasteiger partial charge in [0.05, 0.1) is 27.6 Å². The van der Waals surface area contributed by atoms with Gasteiger partial charge in [0, 0.05) is 61.2 Å². The lowest BCUT2D eigenvalue weighted by atomic mass is 10.1. The highest BCUT2D eigenvalue weighted by Crippen LogP contribution is 2.41. The summed E-state index contributed by atoms with van der Waals surface area (Å²) in [5, 5.41) is 5.71. The van der Waals surface area contributed by atoms with Gasteiger partial charge in [0.25, 0.3) is 0 Å². The first-order valence-electron chi connectivity index (χ1n) is 18.1. The second-order valence-corrected chi connectivity index (χ2v) is 13.5. The fourth-order valence-corrected chi connectivity index (χ4v) is 7.99. The molecular weight excluding hydrogens is 661 g/mol. The van der Waals surface area contributed by atoms with Gasteiger partial charge in [-0.05, 0) is 42.5 Å². The van der Waals surface area contributed by atoms with Crippen LogP contribution in [0.3, 0.4) is 0 Å². The Morgan fingerprint density at radius 1 is 0.333 bits per heavy atom. The minimum Gasteiger partial charge on any atom is -0.308 e. The van der Waals surface area contributed by atoms with Crippen molar-refractivity contribution in [3.05, 3.63) is 182 Å². The third kappa shape index (κ3) is 4.67. The molecule has 7 aromatic carbocycles. The Bertz CT molecular complexity index is 3140. The summed E-state index contributed by atoms with van der Waals surface area (Å²) in [5.74, 6) is 1.89. The van der Waals surface area contributed by atoms with Crippen molar-refractivity contribution in [2.75, 3.05) is 0 Å². The molecule has 0 amide bonds. The molecule has 0 aliphatic heterocycles. The van der Waals surface area contributed by atoms with Gasteiger partial charge >= 0.3 is 0 Å². The molecule has 0 saturated heterocycles. The highest BCUT2D eigenvalue weighted by molar-refractivity contribution is 6.24. The first kappa shape index (κ1) is 30.2. The van der Waals surface area contributed by atoms with E-state index in [0.29, 0.717) is 17.5 Å². The maximum absolute atomic E-state index is 5.26. The van der Waals surface area contributed by atoms with Gasteiger partial charge in [0.2, 0.25) is 0 Å². The highest BCUT2D eigenvalue weighted by Gasteiger charge is 2.21. The van der Waals surface area contributed by atoms with Crippen LogP contribution in [-0.2, 0) is 0 Å². The van der Waals surface area contributed by atoms with Gasteiger partial charge in [-0.3, -0.25) is 4.98 Å². The van der Waals surface area contributed by atoms with Crippen molar-refractivity contribution in [2.24, 2.45) is 0 Å². The Hall–Kier alpha value is -7.44. The molecule has 6 heteroatoms. The first-order chi connectivity index (χ1) is 26.8. The molecule has 54 heavy (non-hydrogen) atoms. The standard InChI is InChI=1S/C48H30N6/c1-4-15-31(16-5-1)46-50-47(32-17-6-2-7-18-32)52-48(51-46)33-19-14-22-35(29-33)54-42-26-13-11-24-37(42)40-30-49-43-39(44(40)54)28-27-38-36-23-10-12-25-41(36)53(45(38)43)34-20-8-3-9-21-34/h1-30H. The van der Waals surface area contributed by atoms with Crippen molar-refractivity contribution in [3.63, 3.8) is 0 Å². The number of para-hydroxylation sites is 3. The maximum Gasteiger partial charge on any atom is 0.164 e. The van der Waals surface area contributed by atoms with Gasteiger partial charge in [0.15, 0.2) is 17.5 Å². The zero-order valence-corrected chi connectivity index (χ0v) is 29.0. The monoisotopic (exact) mass is 690 g/mol. The minimum atomic E-state index is 0.617. The van der Waals surface area contributed by atoms with Crippen molar-refractivity contribution >= 4 is 54.5 Å². The molecule has 0 spiro atoms. The topological polar surface area (TPSA) is 61.4 Å². The largest absolute Gasteiger partial charge is 0.308 e. The van der Waals surface area contributed by atoms with Crippen molar-refractivity contribution in [1.29, 1.82) is 0 Å². The van der Waals surface area contributed by atoms with Crippen LogP contribution in [-0.4, -0.2) is 29.1 Å². The average molecular weight is 691 g/mol. The quantitative estimate of drug-likeness (QED) is 0.180. The van der Waals surface area contributed by atoms with Crippen LogP contribution in [0, 0.1) is 0 Å². The molecule has 11 rings (SSSR count). The van der Waals surface area contributed by atoms with Gasteiger partial charge in [-0.15, -0.1) is 0 Å². The Morgan fingerprint density at radius 3 is 1.46 bits per heavy atom. The van der Waals surface area contributed by atoms with Crippen LogP contribution in [0.25, 0.3) is 100 Å². The van der Waals surface area contributed by atoms with Crippen LogP contribution in [0.15, 0.2) is 182 Å². The Morgan fingerprint density at radius 2 is 0.815 bits per heavy atom. The fraction of sp³-hybridized carbons (Fsp3) is 0. The predicted molar refractivity (Wildman–Crippen MR) is 220 cm³/mol. The van der Waals surface area contributed by atoms with E-state index in [1.54, 1.807) is 0 Å². The second-order valence-electron chi connectivity index (χ2n) is 13.5. The zero-order valence-electron chi connectivity index (χ0n) is 29.0. The van der Waals surface area contributed by atoms with Crippen LogP contribution >= 0.6 is 0 Å². The van der Waals surface area contributed by atoms with Crippen LogP contribution in [0.1, 0.15) is 0 Å². The number of fused-ring (bicyclic) bond motifs is 9. The molecule has 0 fully saturated rings. The summed E-state index contributed by atoms with van der Waals surface area (Å²) in [4.78, 5) is 20.3. The van der Waals surface area contributed by atoms with E-state index < -0.39 is 0 Å². The summed E-state index contributed by atoms with van der Waals surface area (Å²) < 4.78 is 4.73. The lowest BCUT2D eigenvalue weighted by molar-refractivity contribution is 1.07. The van der Waals surface area contributed by atoms with Crippen molar-refractivity contribution in [3.8, 4) is 45.5 Å². The number of hydrogen-bond acceptors (Lipinski definition) is 4. The van der Waals surface area contributed by atoms with E-state index in [4.69, 9.17) is 19.9 Å². The maximum atomic E-state index is 5.26. The Labute approximate surface area is 310 Å². The molecule has 4 aromatic heterocycles. The number of aromatic nitrogens is 6. The molecule has 0 atom stereocenters. The number of hydrogen-bond donors (Lipinski definition) is 0. The van der Waals surface area contributed by atoms with Crippen molar-refractivity contribution in [2.45, 2.75) is 0 Å². The Kier molecular flexibility index (Phi) is 6.75. The van der Waals surface area contributed by atoms with E-state index in [9.17, 15) is 0 Å². The van der Waals surface area contributed by atoms with E-state index in [-0.39, 0.29) is 0 Å². The summed E-state index contributed by atoms with van der Waals surface area (Å²) in [6, 6.07) is 61.0. The van der Waals surface area contributed by atoms with Gasteiger partial charge in [-0.1, -0.05) is 133 Å². The smallest absolute Gasteiger partial charge is 0.164 e. The number of nitrogens with zero attached hydrogens (tertiary/aromatic N) is 6. The van der Waals surface area contributed by atoms with E-state index >= 15 is 0 Å². The van der Waals surface area contributed by atoms with Gasteiger partial charge in [-0.25, -0.2) is 15.0 Å². The molecule has 0 aliphatic rings. The number of benzene rings is 7. The third-order valence-electron chi connectivity index (χ3n) is 10.4. The van der Waals surface area contributed by atoms with Crippen molar-refractivity contribution < 1.29 is 0 Å². The number of pyridine rings is 1. The summed E-state index contributed by atoms with van der Waals surface area (Å²) in [5.41, 5.74) is 10.3. The summed E-state index contributed by atoms with van der Waals surface area (Å²) >= 11 is 0. The number of rotatable bonds is 5. The van der Waals surface area contributed by atoms with E-state index in [1.165, 1.54) is 10.8 Å². The van der Waals surface area contributed by atoms with Crippen molar-refractivity contribution in [1.82, 2.24) is 29.1 Å². The summed E-state index contributed by atoms with van der Waals surface area (Å²) in [6.07, 6.45) is 2.05. The van der Waals surface area contributed by atoms with Crippen LogP contribution < -0.4 is 0 Å². The highest BCUT2D eigenvalue weighted by atomic mass is 15.0. The minimum absolute atomic E-state index is 0.617. The average Bonchev–Trinajstić information content (AvgIpc) is 3.78. The first-order valence-corrected chi connectivity index (χ1v) is 18.1. The van der Waals surface area contributed by atoms with E-state index in [1.807, 2.05) is 60.7 Å². The lowest BCUT2D eigenvalue weighted by Crippen LogP contribution is -2.01. The second kappa shape index (κ2) is 12.1. The summed E-state index contributed by atoms with van der Waals surface area (Å²) in [7, 11) is 0. The SMILES string of the molecule is c1ccc(-c2nc(-c3ccccc3)nc(-c3cccc(-n4c5ccccc5c5cnc6c(ccc7c8ccccc8n(-c8ccccc8)c76)c54)c3)n2)cc1. The Balaban J connectivity index is 1.18. The van der Waals surface area contributed by atoms with E-state index in [0.717, 1.165) is 71.8 Å². The molecule has 0 bridgehead atoms. The van der Waals surface area contributed by atoms with Crippen LogP contribution in [0.2, 0.25) is 0 Å². The van der Waals surface area contributed by atoms with Gasteiger partial charge < -0.3 is 9.13 Å². The molecule has 11 aromatic rings. The zero-order chi connectivity index (χ0) is 35.6. The molecule has 252 valence electrons. The molecule has 6 nitrogen and oxygen atoms in total. The van der Waals surface area contributed by atoms with Crippen LogP contribution in [0.5, 0.6) is 0 Å². The molecule has 0 unspecified atom stereocenters. The molecular formula is C48H30N6. The third-order valence-corrected chi connectivity index (χ3v) is 10.4. The van der Waals surface area contributed by atoms with Gasteiger partial charge in [0.1, 0.15) is 0 Å². The molecule has 0 saturated carbocycles. The fourth-order valence-electron chi connectivity index (χ4n) is 7.99.